The van der Waals surface area contributed by atoms with Gasteiger partial charge in [-0.3, -0.25) is 9.69 Å². The number of nitrogens with two attached hydrogens (primary N) is 1. The molecule has 2 aliphatic heterocycles. The van der Waals surface area contributed by atoms with Gasteiger partial charge in [0, 0.05) is 36.4 Å². The minimum absolute atomic E-state index is 0.0425. The van der Waals surface area contributed by atoms with Crippen molar-refractivity contribution in [2.45, 2.75) is 57.1 Å². The minimum atomic E-state index is -0.366. The first-order chi connectivity index (χ1) is 16.3. The Morgan fingerprint density at radius 1 is 1.26 bits per heavy atom. The Balaban J connectivity index is 1.16. The number of ether oxygens (including phenoxy) is 1. The fourth-order valence-electron chi connectivity index (χ4n) is 7.25. The van der Waals surface area contributed by atoms with Crippen molar-refractivity contribution >= 4 is 28.9 Å². The Hall–Kier alpha value is -2.61. The van der Waals surface area contributed by atoms with Gasteiger partial charge in [-0.1, -0.05) is 6.58 Å². The molecule has 6 aliphatic rings. The van der Waals surface area contributed by atoms with Crippen LogP contribution in [-0.4, -0.2) is 46.5 Å². The van der Waals surface area contributed by atoms with Crippen molar-refractivity contribution in [3.8, 4) is 0 Å². The van der Waals surface area contributed by atoms with Crippen molar-refractivity contribution in [3.63, 3.8) is 0 Å². The van der Waals surface area contributed by atoms with E-state index in [0.29, 0.717) is 12.5 Å². The van der Waals surface area contributed by atoms with Crippen LogP contribution in [0, 0.1) is 23.2 Å². The molecule has 4 saturated carbocycles. The normalized spacial score (nSPS) is 36.2. The van der Waals surface area contributed by atoms with Crippen LogP contribution in [0.3, 0.4) is 0 Å². The number of likely N-dealkylation sites (N-methyl/N-ethyl adjacent to an activating group) is 1. The molecule has 34 heavy (non-hydrogen) atoms. The number of amides is 2. The lowest BCUT2D eigenvalue weighted by molar-refractivity contribution is -0.161. The van der Waals surface area contributed by atoms with Gasteiger partial charge in [0.2, 0.25) is 5.91 Å². The summed E-state index contributed by atoms with van der Waals surface area (Å²) in [5.74, 6) is 0.902. The second-order valence-electron chi connectivity index (χ2n) is 10.9. The molecule has 4 aliphatic carbocycles. The van der Waals surface area contributed by atoms with Crippen LogP contribution in [0.15, 0.2) is 36.0 Å². The Morgan fingerprint density at radius 3 is 2.74 bits per heavy atom. The molecule has 4 bridgehead atoms. The minimum Gasteiger partial charge on any atom is -0.445 e. The zero-order valence-corrected chi connectivity index (χ0v) is 20.4. The average molecular weight is 481 g/mol. The molecule has 2 unspecified atom stereocenters. The molecule has 180 valence electrons. The maximum Gasteiger partial charge on any atom is 0.410 e. The molecule has 7 nitrogen and oxygen atoms in total. The summed E-state index contributed by atoms with van der Waals surface area (Å²) in [4.78, 5) is 34.3. The predicted molar refractivity (Wildman–Crippen MR) is 130 cm³/mol. The number of hydrogen-bond donors (Lipinski definition) is 1. The molecular formula is C26H32N4O3S. The number of primary amides is 1. The standard InChI is InChI=1S/C26H32N4O3S/c1-15-8-17(5-7-29(15)2)20-14-34-23(28-20)21-4-3-6-30(21)25(32)33-22-18-9-16-10-19(22)13-26(11-16,12-18)24(27)31/h5,7-8,14,16,18-19,21-22H,1,3-4,6,9-13H2,2H3,(H2,27,31)/t16?,18?,19?,21-,22?,26?/m1/s1. The predicted octanol–water partition coefficient (Wildman–Crippen LogP) is 4.45. The number of aromatic nitrogens is 1. The van der Waals surface area contributed by atoms with Crippen LogP contribution < -0.4 is 5.73 Å². The van der Waals surface area contributed by atoms with E-state index in [0.717, 1.165) is 66.9 Å². The zero-order valence-electron chi connectivity index (χ0n) is 19.6. The fourth-order valence-corrected chi connectivity index (χ4v) is 8.22. The molecule has 0 aromatic carbocycles. The topological polar surface area (TPSA) is 88.8 Å². The van der Waals surface area contributed by atoms with Crippen LogP contribution in [0.5, 0.6) is 0 Å². The number of carbonyl (C=O) groups excluding carboxylic acids is 2. The molecule has 0 spiro atoms. The van der Waals surface area contributed by atoms with E-state index in [-0.39, 0.29) is 41.4 Å². The molecule has 2 amide bonds. The van der Waals surface area contributed by atoms with Crippen LogP contribution in [0.25, 0.3) is 5.57 Å². The number of carbonyl (C=O) groups is 2. The van der Waals surface area contributed by atoms with E-state index in [1.807, 2.05) is 35.2 Å². The highest BCUT2D eigenvalue weighted by molar-refractivity contribution is 7.09. The molecule has 3 heterocycles. The highest BCUT2D eigenvalue weighted by Crippen LogP contribution is 2.60. The van der Waals surface area contributed by atoms with Gasteiger partial charge >= 0.3 is 6.09 Å². The number of likely N-dealkylation sites (tertiary alicyclic amines) is 1. The quantitative estimate of drug-likeness (QED) is 0.688. The third-order valence-electron chi connectivity index (χ3n) is 8.79. The van der Waals surface area contributed by atoms with Crippen LogP contribution in [-0.2, 0) is 9.53 Å². The van der Waals surface area contributed by atoms with Crippen molar-refractivity contribution in [1.29, 1.82) is 0 Å². The van der Waals surface area contributed by atoms with Crippen molar-refractivity contribution in [2.75, 3.05) is 13.6 Å². The van der Waals surface area contributed by atoms with Gasteiger partial charge in [-0.05, 0) is 74.9 Å². The lowest BCUT2D eigenvalue weighted by Crippen LogP contribution is -2.59. The van der Waals surface area contributed by atoms with Gasteiger partial charge in [-0.25, -0.2) is 9.78 Å². The molecule has 8 heteroatoms. The monoisotopic (exact) mass is 480 g/mol. The number of hydrogen-bond acceptors (Lipinski definition) is 6. The van der Waals surface area contributed by atoms with E-state index in [1.54, 1.807) is 11.3 Å². The van der Waals surface area contributed by atoms with Crippen molar-refractivity contribution in [1.82, 2.24) is 14.8 Å². The molecule has 1 aromatic rings. The van der Waals surface area contributed by atoms with Crippen molar-refractivity contribution in [2.24, 2.45) is 28.9 Å². The highest BCUT2D eigenvalue weighted by atomic mass is 32.1. The third-order valence-corrected chi connectivity index (χ3v) is 9.74. The van der Waals surface area contributed by atoms with Gasteiger partial charge in [0.1, 0.15) is 11.1 Å². The maximum atomic E-state index is 13.4. The lowest BCUT2D eigenvalue weighted by Gasteiger charge is -2.58. The van der Waals surface area contributed by atoms with E-state index in [2.05, 4.69) is 12.0 Å². The molecule has 1 saturated heterocycles. The average Bonchev–Trinajstić information content (AvgIpc) is 3.47. The molecular weight excluding hydrogens is 448 g/mol. The summed E-state index contributed by atoms with van der Waals surface area (Å²) in [6.07, 6.45) is 12.2. The summed E-state index contributed by atoms with van der Waals surface area (Å²) in [6.45, 7) is 4.76. The summed E-state index contributed by atoms with van der Waals surface area (Å²) in [5, 5.41) is 3.02. The number of allylic oxidation sites excluding steroid dienone is 3. The Kier molecular flexibility index (Phi) is 5.13. The van der Waals surface area contributed by atoms with Crippen LogP contribution in [0.4, 0.5) is 4.79 Å². The highest BCUT2D eigenvalue weighted by Gasteiger charge is 2.59. The molecule has 7 rings (SSSR count). The van der Waals surface area contributed by atoms with Crippen LogP contribution in [0.1, 0.15) is 61.7 Å². The molecule has 1 aromatic heterocycles. The number of thiazole rings is 1. The van der Waals surface area contributed by atoms with Crippen molar-refractivity contribution < 1.29 is 14.3 Å². The smallest absolute Gasteiger partial charge is 0.410 e. The van der Waals surface area contributed by atoms with E-state index in [1.165, 1.54) is 0 Å². The fraction of sp³-hybridized carbons (Fsp3) is 0.577. The van der Waals surface area contributed by atoms with Crippen molar-refractivity contribution in [3.05, 3.63) is 46.7 Å². The second kappa shape index (κ2) is 7.97. The summed E-state index contributed by atoms with van der Waals surface area (Å²) >= 11 is 1.61. The molecule has 0 radical (unpaired) electrons. The Bertz CT molecular complexity index is 1090. The SMILES string of the molecule is C=C1C=C(c2csc([C@H]3CCCN3C(=O)OC3C4CC5CC3CC(C(N)=O)(C5)C4)n2)C=CN1C. The summed E-state index contributed by atoms with van der Waals surface area (Å²) in [7, 11) is 1.97. The summed E-state index contributed by atoms with van der Waals surface area (Å²) in [5.41, 5.74) is 8.33. The van der Waals surface area contributed by atoms with Gasteiger partial charge in [-0.2, -0.15) is 0 Å². The van der Waals surface area contributed by atoms with E-state index >= 15 is 0 Å². The largest absolute Gasteiger partial charge is 0.445 e. The first-order valence-electron chi connectivity index (χ1n) is 12.4. The summed E-state index contributed by atoms with van der Waals surface area (Å²) in [6, 6.07) is -0.0425. The van der Waals surface area contributed by atoms with Crippen LogP contribution in [0.2, 0.25) is 0 Å². The Labute approximate surface area is 204 Å². The van der Waals surface area contributed by atoms with Gasteiger partial charge in [0.15, 0.2) is 0 Å². The summed E-state index contributed by atoms with van der Waals surface area (Å²) < 4.78 is 6.21. The lowest BCUT2D eigenvalue weighted by atomic mass is 9.48. The van der Waals surface area contributed by atoms with Gasteiger partial charge in [0.05, 0.1) is 17.2 Å². The zero-order chi connectivity index (χ0) is 23.6. The first kappa shape index (κ1) is 21.9. The molecule has 5 fully saturated rings. The van der Waals surface area contributed by atoms with Crippen LogP contribution >= 0.6 is 11.3 Å². The maximum absolute atomic E-state index is 13.4. The first-order valence-corrected chi connectivity index (χ1v) is 13.3. The van der Waals surface area contributed by atoms with E-state index < -0.39 is 0 Å². The van der Waals surface area contributed by atoms with Gasteiger partial charge in [0.25, 0.3) is 0 Å². The van der Waals surface area contributed by atoms with E-state index in [4.69, 9.17) is 15.5 Å². The molecule has 3 atom stereocenters. The third kappa shape index (κ3) is 3.49. The number of nitrogens with zero attached hydrogens (tertiary/aromatic N) is 3. The Morgan fingerprint density at radius 2 is 2.03 bits per heavy atom. The second-order valence-corrected chi connectivity index (χ2v) is 11.8. The van der Waals surface area contributed by atoms with E-state index in [9.17, 15) is 9.59 Å². The van der Waals surface area contributed by atoms with Gasteiger partial charge < -0.3 is 15.4 Å². The number of rotatable bonds is 4. The van der Waals surface area contributed by atoms with Gasteiger partial charge in [-0.15, -0.1) is 11.3 Å². The molecule has 2 N–H and O–H groups in total.